The third kappa shape index (κ3) is 3.59. The van der Waals surface area contributed by atoms with Gasteiger partial charge in [-0.1, -0.05) is 0 Å². The first-order valence-corrected chi connectivity index (χ1v) is 6.88. The van der Waals surface area contributed by atoms with Crippen molar-refractivity contribution >= 4 is 5.91 Å². The second-order valence-corrected chi connectivity index (χ2v) is 5.16. The number of rotatable bonds is 7. The Morgan fingerprint density at radius 3 is 3.15 bits per heavy atom. The maximum atomic E-state index is 12.3. The summed E-state index contributed by atoms with van der Waals surface area (Å²) < 4.78 is 9.96. The number of ether oxygens (including phenoxy) is 1. The van der Waals surface area contributed by atoms with Crippen LogP contribution in [0.25, 0.3) is 0 Å². The molecule has 1 saturated heterocycles. The fourth-order valence-corrected chi connectivity index (χ4v) is 2.45. The molecule has 0 spiro atoms. The summed E-state index contributed by atoms with van der Waals surface area (Å²) in [6.07, 6.45) is 4.54. The lowest BCUT2D eigenvalue weighted by Crippen LogP contribution is -2.58. The number of carbonyl (C=O) groups is 1. The molecule has 6 nitrogen and oxygen atoms in total. The predicted octanol–water partition coefficient (Wildman–Crippen LogP) is 0.369. The summed E-state index contributed by atoms with van der Waals surface area (Å²) >= 11 is 0. The summed E-state index contributed by atoms with van der Waals surface area (Å²) in [6.45, 7) is 2.53. The van der Waals surface area contributed by atoms with Gasteiger partial charge in [0.05, 0.1) is 19.1 Å². The number of carbonyl (C=O) groups excluding carboxylic acids is 1. The lowest BCUT2D eigenvalue weighted by molar-refractivity contribution is -0.157. The summed E-state index contributed by atoms with van der Waals surface area (Å²) in [6, 6.07) is 1.85. The standard InChI is InChI=1S/C14H22N2O4/c1-19-8-6-16-5-2-4-14(18,13(16)17)11-15-9-12-3-7-20-10-12/h3,7,10,15,18H,2,4-6,8-9,11H2,1H3/t14-/m1/s1. The SMILES string of the molecule is COCCN1CCC[C@@](O)(CNCc2ccoc2)C1=O. The number of amides is 1. The van der Waals surface area contributed by atoms with E-state index in [0.29, 0.717) is 32.7 Å². The molecule has 0 saturated carbocycles. The maximum Gasteiger partial charge on any atom is 0.255 e. The van der Waals surface area contributed by atoms with Crippen LogP contribution in [0.2, 0.25) is 0 Å². The van der Waals surface area contributed by atoms with Crippen molar-refractivity contribution in [2.24, 2.45) is 0 Å². The number of aliphatic hydroxyl groups is 1. The Kier molecular flexibility index (Phi) is 5.17. The van der Waals surface area contributed by atoms with Gasteiger partial charge in [0.1, 0.15) is 0 Å². The van der Waals surface area contributed by atoms with Crippen molar-refractivity contribution in [2.45, 2.75) is 25.0 Å². The minimum absolute atomic E-state index is 0.208. The number of hydrogen-bond acceptors (Lipinski definition) is 5. The molecule has 1 amide bonds. The molecule has 0 radical (unpaired) electrons. The molecule has 1 aliphatic rings. The van der Waals surface area contributed by atoms with Crippen LogP contribution in [-0.4, -0.2) is 54.9 Å². The number of methoxy groups -OCH3 is 1. The van der Waals surface area contributed by atoms with Gasteiger partial charge in [-0.05, 0) is 18.9 Å². The van der Waals surface area contributed by atoms with Crippen LogP contribution in [0.1, 0.15) is 18.4 Å². The van der Waals surface area contributed by atoms with E-state index >= 15 is 0 Å². The monoisotopic (exact) mass is 282 g/mol. The van der Waals surface area contributed by atoms with Crippen LogP contribution in [0.3, 0.4) is 0 Å². The summed E-state index contributed by atoms with van der Waals surface area (Å²) in [7, 11) is 1.60. The third-order valence-corrected chi connectivity index (χ3v) is 3.60. The summed E-state index contributed by atoms with van der Waals surface area (Å²) in [5.41, 5.74) is -0.316. The predicted molar refractivity (Wildman–Crippen MR) is 73.1 cm³/mol. The Morgan fingerprint density at radius 2 is 2.45 bits per heavy atom. The third-order valence-electron chi connectivity index (χ3n) is 3.60. The molecule has 1 fully saturated rings. The molecule has 1 aliphatic heterocycles. The molecule has 0 bridgehead atoms. The highest BCUT2D eigenvalue weighted by molar-refractivity contribution is 5.86. The first-order chi connectivity index (χ1) is 9.65. The highest BCUT2D eigenvalue weighted by Gasteiger charge is 2.41. The van der Waals surface area contributed by atoms with E-state index in [9.17, 15) is 9.90 Å². The maximum absolute atomic E-state index is 12.3. The fraction of sp³-hybridized carbons (Fsp3) is 0.643. The molecule has 112 valence electrons. The van der Waals surface area contributed by atoms with Crippen LogP contribution in [0, 0.1) is 0 Å². The van der Waals surface area contributed by atoms with E-state index in [1.807, 2.05) is 6.07 Å². The van der Waals surface area contributed by atoms with E-state index < -0.39 is 5.60 Å². The first-order valence-electron chi connectivity index (χ1n) is 6.88. The van der Waals surface area contributed by atoms with Gasteiger partial charge in [-0.25, -0.2) is 0 Å². The Hall–Kier alpha value is -1.37. The van der Waals surface area contributed by atoms with Crippen LogP contribution in [0.4, 0.5) is 0 Å². The van der Waals surface area contributed by atoms with Gasteiger partial charge in [-0.15, -0.1) is 0 Å². The minimum Gasteiger partial charge on any atom is -0.472 e. The first kappa shape index (κ1) is 15.0. The highest BCUT2D eigenvalue weighted by Crippen LogP contribution is 2.22. The van der Waals surface area contributed by atoms with Crippen molar-refractivity contribution in [1.82, 2.24) is 10.2 Å². The van der Waals surface area contributed by atoms with Gasteiger partial charge in [0.25, 0.3) is 5.91 Å². The lowest BCUT2D eigenvalue weighted by atomic mass is 9.91. The molecule has 1 aromatic rings. The van der Waals surface area contributed by atoms with Crippen molar-refractivity contribution in [1.29, 1.82) is 0 Å². The van der Waals surface area contributed by atoms with Crippen LogP contribution >= 0.6 is 0 Å². The molecule has 20 heavy (non-hydrogen) atoms. The molecule has 2 N–H and O–H groups in total. The van der Waals surface area contributed by atoms with Crippen LogP contribution in [0.15, 0.2) is 23.0 Å². The van der Waals surface area contributed by atoms with Gasteiger partial charge in [0, 0.05) is 38.9 Å². The van der Waals surface area contributed by atoms with Crippen LogP contribution in [-0.2, 0) is 16.1 Å². The van der Waals surface area contributed by atoms with E-state index in [2.05, 4.69) is 5.32 Å². The van der Waals surface area contributed by atoms with E-state index in [0.717, 1.165) is 12.0 Å². The average molecular weight is 282 g/mol. The molecule has 2 rings (SSSR count). The molecule has 1 atom stereocenters. The molecule has 0 unspecified atom stereocenters. The van der Waals surface area contributed by atoms with Gasteiger partial charge >= 0.3 is 0 Å². The lowest BCUT2D eigenvalue weighted by Gasteiger charge is -2.38. The highest BCUT2D eigenvalue weighted by atomic mass is 16.5. The smallest absolute Gasteiger partial charge is 0.255 e. The molecule has 0 aliphatic carbocycles. The Balaban J connectivity index is 1.85. The van der Waals surface area contributed by atoms with Crippen molar-refractivity contribution in [3.8, 4) is 0 Å². The van der Waals surface area contributed by atoms with Crippen molar-refractivity contribution < 1.29 is 19.1 Å². The number of nitrogens with zero attached hydrogens (tertiary/aromatic N) is 1. The molecule has 2 heterocycles. The number of nitrogens with one attached hydrogen (secondary N) is 1. The Bertz CT molecular complexity index is 421. The fourth-order valence-electron chi connectivity index (χ4n) is 2.45. The molecular weight excluding hydrogens is 260 g/mol. The van der Waals surface area contributed by atoms with Gasteiger partial charge in [0.2, 0.25) is 0 Å². The number of furan rings is 1. The van der Waals surface area contributed by atoms with Gasteiger partial charge in [0.15, 0.2) is 5.60 Å². The average Bonchev–Trinajstić information content (AvgIpc) is 2.94. The zero-order valence-electron chi connectivity index (χ0n) is 11.8. The second kappa shape index (κ2) is 6.88. The number of hydrogen-bond donors (Lipinski definition) is 2. The summed E-state index contributed by atoms with van der Waals surface area (Å²) in [5, 5.41) is 13.6. The van der Waals surface area contributed by atoms with Crippen molar-refractivity contribution in [2.75, 3.05) is 33.4 Å². The topological polar surface area (TPSA) is 74.9 Å². The largest absolute Gasteiger partial charge is 0.472 e. The van der Waals surface area contributed by atoms with Gasteiger partial charge < -0.3 is 24.5 Å². The van der Waals surface area contributed by atoms with E-state index in [1.54, 1.807) is 24.5 Å². The molecule has 1 aromatic heterocycles. The normalized spacial score (nSPS) is 23.3. The van der Waals surface area contributed by atoms with Crippen molar-refractivity contribution in [3.63, 3.8) is 0 Å². The van der Waals surface area contributed by atoms with Crippen molar-refractivity contribution in [3.05, 3.63) is 24.2 Å². The second-order valence-electron chi connectivity index (χ2n) is 5.16. The number of piperidine rings is 1. The van der Waals surface area contributed by atoms with Crippen LogP contribution in [0.5, 0.6) is 0 Å². The van der Waals surface area contributed by atoms with E-state index in [-0.39, 0.29) is 12.5 Å². The van der Waals surface area contributed by atoms with Gasteiger partial charge in [-0.3, -0.25) is 4.79 Å². The number of likely N-dealkylation sites (tertiary alicyclic amines) is 1. The molecular formula is C14H22N2O4. The Labute approximate surface area is 118 Å². The summed E-state index contributed by atoms with van der Waals surface area (Å²) in [4.78, 5) is 14.0. The van der Waals surface area contributed by atoms with Gasteiger partial charge in [-0.2, -0.15) is 0 Å². The minimum atomic E-state index is -1.31. The zero-order chi connectivity index (χ0) is 14.4. The van der Waals surface area contributed by atoms with E-state index in [1.165, 1.54) is 0 Å². The molecule has 0 aromatic carbocycles. The summed E-state index contributed by atoms with van der Waals surface area (Å²) in [5.74, 6) is -0.208. The molecule has 6 heteroatoms. The van der Waals surface area contributed by atoms with E-state index in [4.69, 9.17) is 9.15 Å². The van der Waals surface area contributed by atoms with Crippen LogP contribution < -0.4 is 5.32 Å². The quantitative estimate of drug-likeness (QED) is 0.756. The zero-order valence-corrected chi connectivity index (χ0v) is 11.8. The Morgan fingerprint density at radius 1 is 1.60 bits per heavy atom.